The van der Waals surface area contributed by atoms with Crippen molar-refractivity contribution in [2.45, 2.75) is 36.5 Å². The van der Waals surface area contributed by atoms with Gasteiger partial charge in [0.25, 0.3) is 0 Å². The molecule has 0 saturated carbocycles. The van der Waals surface area contributed by atoms with Crippen LogP contribution in [0.1, 0.15) is 26.7 Å². The molecule has 0 unspecified atom stereocenters. The molecule has 0 radical (unpaired) electrons. The number of nitrogens with zero attached hydrogens (tertiary/aromatic N) is 1. The summed E-state index contributed by atoms with van der Waals surface area (Å²) in [5.74, 6) is -0.773. The van der Waals surface area contributed by atoms with E-state index >= 15 is 0 Å². The average molecular weight is 378 g/mol. The van der Waals surface area contributed by atoms with Crippen LogP contribution in [-0.2, 0) is 4.79 Å². The maximum atomic E-state index is 11.5. The normalized spacial score (nSPS) is 11.2. The van der Waals surface area contributed by atoms with E-state index in [9.17, 15) is 9.90 Å². The molecule has 108 valence electrons. The van der Waals surface area contributed by atoms with Gasteiger partial charge in [-0.25, -0.2) is 4.98 Å². The van der Waals surface area contributed by atoms with E-state index in [1.807, 2.05) is 44.2 Å². The monoisotopic (exact) mass is 377 g/mol. The van der Waals surface area contributed by atoms with Crippen LogP contribution >= 0.6 is 27.7 Å². The molecule has 0 bridgehead atoms. The molecule has 0 saturated heterocycles. The van der Waals surface area contributed by atoms with Gasteiger partial charge in [-0.2, -0.15) is 0 Å². The third-order valence-corrected chi connectivity index (χ3v) is 5.53. The molecule has 2 rings (SSSR count). The zero-order valence-electron chi connectivity index (χ0n) is 11.4. The molecule has 0 atom stereocenters. The molecule has 0 aliphatic rings. The van der Waals surface area contributed by atoms with Crippen molar-refractivity contribution in [2.75, 3.05) is 0 Å². The van der Waals surface area contributed by atoms with E-state index in [0.717, 1.165) is 20.4 Å². The first kappa shape index (κ1) is 19.0. The molecule has 1 aromatic heterocycles. The number of aromatic nitrogens is 1. The van der Waals surface area contributed by atoms with Crippen molar-refractivity contribution in [3.63, 3.8) is 0 Å². The van der Waals surface area contributed by atoms with E-state index in [1.54, 1.807) is 0 Å². The first-order valence-corrected chi connectivity index (χ1v) is 8.10. The first-order valence-electron chi connectivity index (χ1n) is 6.49. The van der Waals surface area contributed by atoms with Gasteiger partial charge in [-0.1, -0.05) is 47.6 Å². The Hall–Kier alpha value is -0.0700. The topological polar surface area (TPSA) is 50.2 Å². The summed E-state index contributed by atoms with van der Waals surface area (Å²) in [6.07, 6.45) is 1.15. The van der Waals surface area contributed by atoms with Gasteiger partial charge in [0.05, 0.1) is 10.5 Å². The molecule has 0 amide bonds. The fraction of sp³-hybridized carbons (Fsp3) is 0.333. The molecule has 3 nitrogen and oxygen atoms in total. The van der Waals surface area contributed by atoms with Crippen molar-refractivity contribution >= 4 is 74.1 Å². The second-order valence-corrected chi connectivity index (χ2v) is 6.91. The van der Waals surface area contributed by atoms with Crippen molar-refractivity contribution in [2.24, 2.45) is 0 Å². The van der Waals surface area contributed by atoms with Gasteiger partial charge < -0.3 is 5.11 Å². The fourth-order valence-electron chi connectivity index (χ4n) is 2.08. The number of fused-ring (bicyclic) bond motifs is 1. The van der Waals surface area contributed by atoms with Crippen LogP contribution < -0.4 is 0 Å². The van der Waals surface area contributed by atoms with E-state index < -0.39 is 10.7 Å². The van der Waals surface area contributed by atoms with Crippen LogP contribution in [0.2, 0.25) is 0 Å². The van der Waals surface area contributed by atoms with Crippen LogP contribution in [0.25, 0.3) is 10.9 Å². The Balaban J connectivity index is 0.00000220. The van der Waals surface area contributed by atoms with Crippen LogP contribution in [0.3, 0.4) is 0 Å². The van der Waals surface area contributed by atoms with E-state index in [2.05, 4.69) is 20.9 Å². The number of pyridine rings is 1. The molecule has 1 aromatic carbocycles. The number of rotatable bonds is 5. The van der Waals surface area contributed by atoms with Crippen molar-refractivity contribution < 1.29 is 9.90 Å². The van der Waals surface area contributed by atoms with Gasteiger partial charge in [-0.05, 0) is 37.1 Å². The number of halogens is 1. The molecule has 2 aromatic rings. The summed E-state index contributed by atoms with van der Waals surface area (Å²) in [5, 5.41) is 11.3. The summed E-state index contributed by atoms with van der Waals surface area (Å²) in [7, 11) is 0. The van der Waals surface area contributed by atoms with Crippen LogP contribution in [0.15, 0.2) is 39.8 Å². The summed E-state index contributed by atoms with van der Waals surface area (Å²) < 4.78 is 0.213. The van der Waals surface area contributed by atoms with Crippen molar-refractivity contribution in [1.29, 1.82) is 0 Å². The number of thioether (sulfide) groups is 1. The second kappa shape index (κ2) is 7.97. The van der Waals surface area contributed by atoms with Gasteiger partial charge >= 0.3 is 35.5 Å². The Morgan fingerprint density at radius 1 is 1.29 bits per heavy atom. The number of carboxylic acid groups (broad SMARTS) is 1. The summed E-state index contributed by atoms with van der Waals surface area (Å²) in [5.41, 5.74) is 0.879. The minimum absolute atomic E-state index is 0. The van der Waals surface area contributed by atoms with Gasteiger partial charge in [0, 0.05) is 9.86 Å². The van der Waals surface area contributed by atoms with Crippen molar-refractivity contribution in [3.05, 3.63) is 34.8 Å². The van der Waals surface area contributed by atoms with Gasteiger partial charge in [0.2, 0.25) is 0 Å². The zero-order chi connectivity index (χ0) is 14.8. The predicted molar refractivity (Wildman–Crippen MR) is 93.4 cm³/mol. The van der Waals surface area contributed by atoms with E-state index in [-0.39, 0.29) is 29.6 Å². The number of hydrogen-bond donors (Lipinski definition) is 1. The Labute approximate surface area is 159 Å². The third-order valence-electron chi connectivity index (χ3n) is 3.46. The Kier molecular flexibility index (Phi) is 7.20. The SMILES string of the molecule is CCC(CC)(Sc1ccc2cc(Br)ccc2n1)C(=O)O.[NaH]. The quantitative estimate of drug-likeness (QED) is 0.629. The van der Waals surface area contributed by atoms with E-state index in [4.69, 9.17) is 0 Å². The average Bonchev–Trinajstić information content (AvgIpc) is 2.44. The summed E-state index contributed by atoms with van der Waals surface area (Å²) in [6.45, 7) is 3.81. The van der Waals surface area contributed by atoms with Gasteiger partial charge in [-0.15, -0.1) is 0 Å². The van der Waals surface area contributed by atoms with Crippen molar-refractivity contribution in [1.82, 2.24) is 4.98 Å². The van der Waals surface area contributed by atoms with Gasteiger partial charge in [0.1, 0.15) is 4.75 Å². The molecule has 1 heterocycles. The molecule has 21 heavy (non-hydrogen) atoms. The van der Waals surface area contributed by atoms with Gasteiger partial charge in [0.15, 0.2) is 0 Å². The molecule has 0 aliphatic heterocycles. The number of carboxylic acids is 1. The number of hydrogen-bond acceptors (Lipinski definition) is 3. The number of benzene rings is 1. The Bertz CT molecular complexity index is 647. The molecule has 6 heteroatoms. The van der Waals surface area contributed by atoms with Crippen molar-refractivity contribution in [3.8, 4) is 0 Å². The zero-order valence-corrected chi connectivity index (χ0v) is 13.8. The van der Waals surface area contributed by atoms with E-state index in [0.29, 0.717) is 12.8 Å². The molecule has 0 fully saturated rings. The van der Waals surface area contributed by atoms with E-state index in [1.165, 1.54) is 11.8 Å². The predicted octanol–water partition coefficient (Wildman–Crippen LogP) is 4.08. The third kappa shape index (κ3) is 4.23. The number of aliphatic carboxylic acids is 1. The summed E-state index contributed by atoms with van der Waals surface area (Å²) >= 11 is 4.77. The Morgan fingerprint density at radius 3 is 2.52 bits per heavy atom. The second-order valence-electron chi connectivity index (χ2n) is 4.60. The Morgan fingerprint density at radius 2 is 1.95 bits per heavy atom. The van der Waals surface area contributed by atoms with Crippen LogP contribution in [-0.4, -0.2) is 50.4 Å². The summed E-state index contributed by atoms with van der Waals surface area (Å²) in [6, 6.07) is 9.74. The van der Waals surface area contributed by atoms with Crippen LogP contribution in [0, 0.1) is 0 Å². The standard InChI is InChI=1S/C15H16BrNO2S.Na.H/c1-3-15(4-2,14(18)19)20-13-8-5-10-9-11(16)6-7-12(10)17-13;;/h5-9H,3-4H2,1-2H3,(H,18,19);;. The van der Waals surface area contributed by atoms with Crippen LogP contribution in [0.4, 0.5) is 0 Å². The first-order chi connectivity index (χ1) is 9.50. The van der Waals surface area contributed by atoms with Crippen LogP contribution in [0.5, 0.6) is 0 Å². The molecule has 1 N–H and O–H groups in total. The molecular weight excluding hydrogens is 361 g/mol. The number of carbonyl (C=O) groups is 1. The maximum absolute atomic E-state index is 11.5. The minimum atomic E-state index is -0.796. The molecule has 0 spiro atoms. The molecule has 0 aliphatic carbocycles. The molecular formula is C15H17BrNNaO2S. The fourth-order valence-corrected chi connectivity index (χ4v) is 3.51. The summed E-state index contributed by atoms with van der Waals surface area (Å²) in [4.78, 5) is 16.1. The van der Waals surface area contributed by atoms with Gasteiger partial charge in [-0.3, -0.25) is 4.79 Å².